The van der Waals surface area contributed by atoms with Crippen molar-refractivity contribution in [1.29, 1.82) is 0 Å². The van der Waals surface area contributed by atoms with Gasteiger partial charge in [-0.05, 0) is 36.0 Å². The van der Waals surface area contributed by atoms with Crippen LogP contribution in [0.3, 0.4) is 0 Å². The van der Waals surface area contributed by atoms with Crippen molar-refractivity contribution in [1.82, 2.24) is 9.88 Å². The maximum atomic E-state index is 13.0. The summed E-state index contributed by atoms with van der Waals surface area (Å²) in [4.78, 5) is 13.0. The van der Waals surface area contributed by atoms with Crippen molar-refractivity contribution in [3.05, 3.63) is 60.4 Å². The maximum absolute atomic E-state index is 13.0. The van der Waals surface area contributed by atoms with Gasteiger partial charge in [0.25, 0.3) is 0 Å². The summed E-state index contributed by atoms with van der Waals surface area (Å²) in [5.41, 5.74) is 1.19. The summed E-state index contributed by atoms with van der Waals surface area (Å²) in [6.07, 6.45) is 8.28. The van der Waals surface area contributed by atoms with Gasteiger partial charge in [-0.1, -0.05) is 57.0 Å². The Balaban J connectivity index is 1.74. The molecule has 3 heteroatoms. The first kappa shape index (κ1) is 16.8. The molecule has 0 radical (unpaired) electrons. The average Bonchev–Trinajstić information content (AvgIpc) is 3.12. The standard InChI is InChI=1S/C21H28N2O/c1-16-9-8-12-19(17(16)2)22-21(24)20(23-13-6-7-14-23)15-18-10-4-3-5-11-18/h3-7,10-11,13-14,16-17,19-20H,8-9,12,15H2,1-2H3,(H,22,24). The number of benzene rings is 1. The van der Waals surface area contributed by atoms with E-state index in [1.807, 2.05) is 47.3 Å². The Morgan fingerprint density at radius 3 is 2.54 bits per heavy atom. The number of nitrogens with one attached hydrogen (secondary N) is 1. The minimum absolute atomic E-state index is 0.140. The number of hydrogen-bond donors (Lipinski definition) is 1. The molecule has 1 N–H and O–H groups in total. The fraction of sp³-hybridized carbons (Fsp3) is 0.476. The second kappa shape index (κ2) is 7.69. The first-order valence-electron chi connectivity index (χ1n) is 9.12. The molecule has 0 aliphatic heterocycles. The molecule has 0 spiro atoms. The zero-order valence-electron chi connectivity index (χ0n) is 14.7. The Morgan fingerprint density at radius 2 is 1.83 bits per heavy atom. The molecule has 4 unspecified atom stereocenters. The molecule has 4 atom stereocenters. The number of carbonyl (C=O) groups is 1. The summed E-state index contributed by atoms with van der Waals surface area (Å²) in [6.45, 7) is 4.58. The molecule has 1 aromatic carbocycles. The summed E-state index contributed by atoms with van der Waals surface area (Å²) in [5.74, 6) is 1.37. The first-order valence-corrected chi connectivity index (χ1v) is 9.12. The van der Waals surface area contributed by atoms with E-state index in [-0.39, 0.29) is 11.9 Å². The quantitative estimate of drug-likeness (QED) is 0.878. The number of hydrogen-bond acceptors (Lipinski definition) is 1. The highest BCUT2D eigenvalue weighted by Gasteiger charge is 2.30. The lowest BCUT2D eigenvalue weighted by atomic mass is 9.78. The molecule has 1 fully saturated rings. The SMILES string of the molecule is CC1CCCC(NC(=O)C(Cc2ccccc2)n2cccc2)C1C. The fourth-order valence-electron chi connectivity index (χ4n) is 3.79. The monoisotopic (exact) mass is 324 g/mol. The summed E-state index contributed by atoms with van der Waals surface area (Å²) in [5, 5.41) is 3.35. The van der Waals surface area contributed by atoms with Crippen molar-refractivity contribution >= 4 is 5.91 Å². The van der Waals surface area contributed by atoms with E-state index in [1.54, 1.807) is 0 Å². The van der Waals surface area contributed by atoms with Gasteiger partial charge in [0.1, 0.15) is 6.04 Å². The van der Waals surface area contributed by atoms with Crippen LogP contribution in [0.5, 0.6) is 0 Å². The zero-order valence-corrected chi connectivity index (χ0v) is 14.7. The topological polar surface area (TPSA) is 34.0 Å². The molecule has 2 aromatic rings. The van der Waals surface area contributed by atoms with Crippen molar-refractivity contribution in [2.45, 2.75) is 51.6 Å². The van der Waals surface area contributed by atoms with Crippen LogP contribution in [0.15, 0.2) is 54.9 Å². The van der Waals surface area contributed by atoms with Crippen LogP contribution in [-0.2, 0) is 11.2 Å². The predicted molar refractivity (Wildman–Crippen MR) is 97.7 cm³/mol. The second-order valence-electron chi connectivity index (χ2n) is 7.22. The number of nitrogens with zero attached hydrogens (tertiary/aromatic N) is 1. The van der Waals surface area contributed by atoms with E-state index in [9.17, 15) is 4.79 Å². The lowest BCUT2D eigenvalue weighted by Gasteiger charge is -2.35. The maximum Gasteiger partial charge on any atom is 0.243 e. The van der Waals surface area contributed by atoms with Gasteiger partial charge in [-0.3, -0.25) is 4.79 Å². The molecule has 3 nitrogen and oxygen atoms in total. The molecular formula is C21H28N2O. The number of amides is 1. The third-order valence-corrected chi connectivity index (χ3v) is 5.60. The van der Waals surface area contributed by atoms with Crippen LogP contribution in [0.2, 0.25) is 0 Å². The largest absolute Gasteiger partial charge is 0.351 e. The smallest absolute Gasteiger partial charge is 0.243 e. The van der Waals surface area contributed by atoms with Crippen LogP contribution < -0.4 is 5.32 Å². The minimum atomic E-state index is -0.188. The molecule has 1 aromatic heterocycles. The van der Waals surface area contributed by atoms with E-state index in [0.717, 1.165) is 12.8 Å². The Hall–Kier alpha value is -2.03. The zero-order chi connectivity index (χ0) is 16.9. The van der Waals surface area contributed by atoms with E-state index in [1.165, 1.54) is 18.4 Å². The van der Waals surface area contributed by atoms with E-state index >= 15 is 0 Å². The molecular weight excluding hydrogens is 296 g/mol. The van der Waals surface area contributed by atoms with Crippen LogP contribution >= 0.6 is 0 Å². The van der Waals surface area contributed by atoms with Crippen LogP contribution in [0.1, 0.15) is 44.7 Å². The van der Waals surface area contributed by atoms with Gasteiger partial charge >= 0.3 is 0 Å². The third-order valence-electron chi connectivity index (χ3n) is 5.60. The lowest BCUT2D eigenvalue weighted by molar-refractivity contribution is -0.125. The molecule has 24 heavy (non-hydrogen) atoms. The molecule has 3 rings (SSSR count). The third kappa shape index (κ3) is 3.89. The lowest BCUT2D eigenvalue weighted by Crippen LogP contribution is -2.46. The number of carbonyl (C=O) groups excluding carboxylic acids is 1. The molecule has 128 valence electrons. The highest BCUT2D eigenvalue weighted by Crippen LogP contribution is 2.30. The van der Waals surface area contributed by atoms with Gasteiger partial charge < -0.3 is 9.88 Å². The van der Waals surface area contributed by atoms with E-state index in [2.05, 4.69) is 31.3 Å². The van der Waals surface area contributed by atoms with Crippen LogP contribution in [0.25, 0.3) is 0 Å². The minimum Gasteiger partial charge on any atom is -0.351 e. The summed E-state index contributed by atoms with van der Waals surface area (Å²) < 4.78 is 2.03. The van der Waals surface area contributed by atoms with Crippen molar-refractivity contribution in [2.75, 3.05) is 0 Å². The molecule has 1 heterocycles. The van der Waals surface area contributed by atoms with E-state index in [0.29, 0.717) is 17.9 Å². The van der Waals surface area contributed by atoms with Crippen molar-refractivity contribution in [2.24, 2.45) is 11.8 Å². The number of rotatable bonds is 5. The Bertz CT molecular complexity index is 635. The summed E-state index contributed by atoms with van der Waals surface area (Å²) in [7, 11) is 0. The average molecular weight is 324 g/mol. The molecule has 1 aliphatic carbocycles. The molecule has 1 saturated carbocycles. The van der Waals surface area contributed by atoms with Gasteiger partial charge in [0.15, 0.2) is 0 Å². The van der Waals surface area contributed by atoms with Gasteiger partial charge in [-0.25, -0.2) is 0 Å². The van der Waals surface area contributed by atoms with Crippen molar-refractivity contribution in [3.63, 3.8) is 0 Å². The van der Waals surface area contributed by atoms with E-state index < -0.39 is 0 Å². The molecule has 0 bridgehead atoms. The van der Waals surface area contributed by atoms with Gasteiger partial charge in [0.05, 0.1) is 0 Å². The molecule has 0 saturated heterocycles. The Morgan fingerprint density at radius 1 is 1.12 bits per heavy atom. The molecule has 1 aliphatic rings. The van der Waals surface area contributed by atoms with Crippen molar-refractivity contribution < 1.29 is 4.79 Å². The van der Waals surface area contributed by atoms with Crippen LogP contribution in [-0.4, -0.2) is 16.5 Å². The highest BCUT2D eigenvalue weighted by atomic mass is 16.2. The van der Waals surface area contributed by atoms with Crippen LogP contribution in [0.4, 0.5) is 0 Å². The number of aromatic nitrogens is 1. The Kier molecular flexibility index (Phi) is 5.39. The summed E-state index contributed by atoms with van der Waals surface area (Å²) in [6, 6.07) is 14.3. The van der Waals surface area contributed by atoms with Gasteiger partial charge in [-0.2, -0.15) is 0 Å². The normalized spacial score (nSPS) is 25.2. The van der Waals surface area contributed by atoms with E-state index in [4.69, 9.17) is 0 Å². The molecule has 1 amide bonds. The van der Waals surface area contributed by atoms with Gasteiger partial charge in [-0.15, -0.1) is 0 Å². The van der Waals surface area contributed by atoms with Crippen molar-refractivity contribution in [3.8, 4) is 0 Å². The predicted octanol–water partition coefficient (Wildman–Crippen LogP) is 4.21. The highest BCUT2D eigenvalue weighted by molar-refractivity contribution is 5.81. The fourth-order valence-corrected chi connectivity index (χ4v) is 3.79. The van der Waals surface area contributed by atoms with Crippen LogP contribution in [0, 0.1) is 11.8 Å². The first-order chi connectivity index (χ1) is 11.6. The summed E-state index contributed by atoms with van der Waals surface area (Å²) >= 11 is 0. The van der Waals surface area contributed by atoms with Gasteiger partial charge in [0.2, 0.25) is 5.91 Å². The second-order valence-corrected chi connectivity index (χ2v) is 7.22. The van der Waals surface area contributed by atoms with Gasteiger partial charge in [0, 0.05) is 24.9 Å². The Labute approximate surface area is 145 Å².